The van der Waals surface area contributed by atoms with Gasteiger partial charge in [-0.1, -0.05) is 6.92 Å². The van der Waals surface area contributed by atoms with Gasteiger partial charge in [-0.2, -0.15) is 0 Å². The third kappa shape index (κ3) is 6.06. The number of carbonyl (C=O) groups excluding carboxylic acids is 2. The molecule has 5 heteroatoms. The highest BCUT2D eigenvalue weighted by atomic mass is 16.5. The second-order valence-electron chi connectivity index (χ2n) is 3.60. The number of hydrogen-bond acceptors (Lipinski definition) is 4. The molecule has 1 atom stereocenters. The van der Waals surface area contributed by atoms with E-state index in [4.69, 9.17) is 0 Å². The molecule has 0 rings (SSSR count). The molecular weight excluding hydrogens is 196 g/mol. The number of methoxy groups -OCH3 is 1. The Morgan fingerprint density at radius 3 is 2.53 bits per heavy atom. The Labute approximate surface area is 90.8 Å². The number of amides is 1. The Morgan fingerprint density at radius 2 is 2.07 bits per heavy atom. The number of nitrogens with one attached hydrogen (secondary N) is 1. The number of nitrogens with zero attached hydrogens (tertiary/aromatic N) is 1. The van der Waals surface area contributed by atoms with Crippen LogP contribution in [0.3, 0.4) is 0 Å². The second kappa shape index (κ2) is 7.23. The summed E-state index contributed by atoms with van der Waals surface area (Å²) in [6.07, 6.45) is 0.355. The van der Waals surface area contributed by atoms with Gasteiger partial charge in [-0.15, -0.1) is 0 Å². The molecule has 0 aromatic heterocycles. The van der Waals surface area contributed by atoms with Gasteiger partial charge in [0.25, 0.3) is 0 Å². The highest BCUT2D eigenvalue weighted by molar-refractivity contribution is 5.78. The Balaban J connectivity index is 3.78. The monoisotopic (exact) mass is 216 g/mol. The molecule has 15 heavy (non-hydrogen) atoms. The van der Waals surface area contributed by atoms with E-state index in [9.17, 15) is 9.59 Å². The molecule has 1 amide bonds. The Bertz CT molecular complexity index is 219. The molecule has 88 valence electrons. The lowest BCUT2D eigenvalue weighted by Crippen LogP contribution is -2.35. The molecule has 0 aliphatic carbocycles. The molecule has 0 saturated carbocycles. The third-order valence-electron chi connectivity index (χ3n) is 2.20. The molecule has 0 bridgehead atoms. The van der Waals surface area contributed by atoms with Gasteiger partial charge in [-0.25, -0.2) is 0 Å². The van der Waals surface area contributed by atoms with E-state index in [1.807, 2.05) is 18.9 Å². The van der Waals surface area contributed by atoms with Crippen LogP contribution in [0.1, 0.15) is 13.3 Å². The van der Waals surface area contributed by atoms with Crippen molar-refractivity contribution < 1.29 is 14.3 Å². The summed E-state index contributed by atoms with van der Waals surface area (Å²) in [7, 11) is 4.87. The summed E-state index contributed by atoms with van der Waals surface area (Å²) in [5, 5.41) is 2.59. The summed E-state index contributed by atoms with van der Waals surface area (Å²) in [6, 6.07) is 0. The van der Waals surface area contributed by atoms with Gasteiger partial charge in [-0.05, 0) is 7.05 Å². The maximum Gasteiger partial charge on any atom is 0.306 e. The number of hydrogen-bond donors (Lipinski definition) is 1. The van der Waals surface area contributed by atoms with Gasteiger partial charge in [0.2, 0.25) is 5.91 Å². The standard InChI is InChI=1S/C10H20N2O3/c1-8(10(14)11-2)7-12(3)6-5-9(13)15-4/h8H,5-7H2,1-4H3,(H,11,14). The third-order valence-corrected chi connectivity index (χ3v) is 2.20. The van der Waals surface area contributed by atoms with Crippen molar-refractivity contribution in [2.45, 2.75) is 13.3 Å². The Kier molecular flexibility index (Phi) is 6.70. The first-order valence-electron chi connectivity index (χ1n) is 4.98. The lowest BCUT2D eigenvalue weighted by molar-refractivity contribution is -0.140. The van der Waals surface area contributed by atoms with E-state index in [0.29, 0.717) is 19.5 Å². The molecule has 0 radical (unpaired) electrons. The maximum atomic E-state index is 11.2. The molecule has 0 aliphatic rings. The van der Waals surface area contributed by atoms with Crippen LogP contribution in [0.25, 0.3) is 0 Å². The zero-order valence-corrected chi connectivity index (χ0v) is 9.87. The summed E-state index contributed by atoms with van der Waals surface area (Å²) in [6.45, 7) is 3.10. The number of esters is 1. The molecular formula is C10H20N2O3. The highest BCUT2D eigenvalue weighted by Gasteiger charge is 2.13. The van der Waals surface area contributed by atoms with Crippen LogP contribution in [0.15, 0.2) is 0 Å². The van der Waals surface area contributed by atoms with E-state index in [2.05, 4.69) is 10.1 Å². The van der Waals surface area contributed by atoms with Gasteiger partial charge >= 0.3 is 5.97 Å². The average Bonchev–Trinajstić information content (AvgIpc) is 2.24. The van der Waals surface area contributed by atoms with Crippen LogP contribution in [-0.2, 0) is 14.3 Å². The fourth-order valence-corrected chi connectivity index (χ4v) is 1.27. The van der Waals surface area contributed by atoms with E-state index >= 15 is 0 Å². The van der Waals surface area contributed by atoms with Crippen molar-refractivity contribution in [2.24, 2.45) is 5.92 Å². The number of rotatable bonds is 6. The Morgan fingerprint density at radius 1 is 1.47 bits per heavy atom. The van der Waals surface area contributed by atoms with Gasteiger partial charge in [0.15, 0.2) is 0 Å². The SMILES string of the molecule is CNC(=O)C(C)CN(C)CCC(=O)OC. The molecule has 5 nitrogen and oxygen atoms in total. The Hall–Kier alpha value is -1.10. The fraction of sp³-hybridized carbons (Fsp3) is 0.800. The predicted molar refractivity (Wildman–Crippen MR) is 57.4 cm³/mol. The van der Waals surface area contributed by atoms with Gasteiger partial charge < -0.3 is 15.0 Å². The summed E-state index contributed by atoms with van der Waals surface area (Å²) in [4.78, 5) is 24.0. The summed E-state index contributed by atoms with van der Waals surface area (Å²) >= 11 is 0. The zero-order valence-electron chi connectivity index (χ0n) is 9.87. The molecule has 1 N–H and O–H groups in total. The van der Waals surface area contributed by atoms with Crippen molar-refractivity contribution >= 4 is 11.9 Å². The van der Waals surface area contributed by atoms with E-state index in [-0.39, 0.29) is 17.8 Å². The smallest absolute Gasteiger partial charge is 0.306 e. The van der Waals surface area contributed by atoms with Crippen LogP contribution in [0.2, 0.25) is 0 Å². The summed E-state index contributed by atoms with van der Waals surface area (Å²) in [5.41, 5.74) is 0. The van der Waals surface area contributed by atoms with E-state index < -0.39 is 0 Å². The molecule has 0 aliphatic heterocycles. The van der Waals surface area contributed by atoms with Crippen LogP contribution in [0.5, 0.6) is 0 Å². The van der Waals surface area contributed by atoms with E-state index in [0.717, 1.165) is 0 Å². The van der Waals surface area contributed by atoms with Gasteiger partial charge in [0.1, 0.15) is 0 Å². The van der Waals surface area contributed by atoms with E-state index in [1.54, 1.807) is 7.05 Å². The predicted octanol–water partition coefficient (Wildman–Crippen LogP) is -0.137. The van der Waals surface area contributed by atoms with Gasteiger partial charge in [0.05, 0.1) is 13.5 Å². The first-order valence-corrected chi connectivity index (χ1v) is 4.98. The number of ether oxygens (including phenoxy) is 1. The molecule has 0 aromatic carbocycles. The van der Waals surface area contributed by atoms with Crippen LogP contribution in [0.4, 0.5) is 0 Å². The second-order valence-corrected chi connectivity index (χ2v) is 3.60. The van der Waals surface area contributed by atoms with Crippen LogP contribution in [-0.4, -0.2) is 51.1 Å². The molecule has 0 saturated heterocycles. The van der Waals surface area contributed by atoms with Gasteiger partial charge in [-0.3, -0.25) is 9.59 Å². The average molecular weight is 216 g/mol. The minimum Gasteiger partial charge on any atom is -0.469 e. The lowest BCUT2D eigenvalue weighted by atomic mass is 10.1. The largest absolute Gasteiger partial charge is 0.469 e. The minimum atomic E-state index is -0.227. The highest BCUT2D eigenvalue weighted by Crippen LogP contribution is 1.99. The van der Waals surface area contributed by atoms with Crippen molar-refractivity contribution in [3.05, 3.63) is 0 Å². The maximum absolute atomic E-state index is 11.2. The van der Waals surface area contributed by atoms with Gasteiger partial charge in [0, 0.05) is 26.1 Å². The first kappa shape index (κ1) is 13.9. The molecule has 0 fully saturated rings. The van der Waals surface area contributed by atoms with Crippen molar-refractivity contribution in [1.29, 1.82) is 0 Å². The zero-order chi connectivity index (χ0) is 11.8. The minimum absolute atomic E-state index is 0.0138. The van der Waals surface area contributed by atoms with Crippen molar-refractivity contribution in [1.82, 2.24) is 10.2 Å². The molecule has 1 unspecified atom stereocenters. The molecule has 0 spiro atoms. The van der Waals surface area contributed by atoms with Crippen molar-refractivity contribution in [3.8, 4) is 0 Å². The lowest BCUT2D eigenvalue weighted by Gasteiger charge is -2.19. The van der Waals surface area contributed by atoms with Crippen molar-refractivity contribution in [2.75, 3.05) is 34.3 Å². The van der Waals surface area contributed by atoms with Crippen LogP contribution in [0, 0.1) is 5.92 Å². The fourth-order valence-electron chi connectivity index (χ4n) is 1.27. The van der Waals surface area contributed by atoms with Crippen LogP contribution < -0.4 is 5.32 Å². The quantitative estimate of drug-likeness (QED) is 0.628. The normalized spacial score (nSPS) is 12.3. The van der Waals surface area contributed by atoms with Crippen molar-refractivity contribution in [3.63, 3.8) is 0 Å². The van der Waals surface area contributed by atoms with E-state index in [1.165, 1.54) is 7.11 Å². The molecule has 0 aromatic rings. The first-order chi connectivity index (χ1) is 7.01. The van der Waals surface area contributed by atoms with Crippen LogP contribution >= 0.6 is 0 Å². The molecule has 0 heterocycles. The topological polar surface area (TPSA) is 58.6 Å². The number of carbonyl (C=O) groups is 2. The summed E-state index contributed by atoms with van der Waals surface area (Å²) < 4.78 is 4.53. The summed E-state index contributed by atoms with van der Waals surface area (Å²) in [5.74, 6) is -0.285.